The Balaban J connectivity index is 0.000000252. The Kier molecular flexibility index (Phi) is 6.54. The molecule has 13 heavy (non-hydrogen) atoms. The van der Waals surface area contributed by atoms with Gasteiger partial charge in [-0.3, -0.25) is 4.79 Å². The lowest BCUT2D eigenvalue weighted by Gasteiger charge is -2.25. The zero-order valence-electron chi connectivity index (χ0n) is 8.54. The van der Waals surface area contributed by atoms with E-state index < -0.39 is 5.97 Å². The third-order valence-electron chi connectivity index (χ3n) is 1.63. The molecule has 0 saturated carbocycles. The summed E-state index contributed by atoms with van der Waals surface area (Å²) < 4.78 is 5.42. The molecule has 1 rings (SSSR count). The number of ether oxygens (including phenoxy) is 1. The molecule has 78 valence electrons. The van der Waals surface area contributed by atoms with Crippen LogP contribution in [0.4, 0.5) is 0 Å². The standard InChI is InChI=1S/C6H13NO.C3H6O2/c1-5-3-7-4-6(2)8-5;1-2-3(4)5/h5-7H,3-4H2,1-2H3;2H2,1H3,(H,4,5)/t5-,6+;. The Morgan fingerprint density at radius 1 is 1.46 bits per heavy atom. The lowest BCUT2D eigenvalue weighted by molar-refractivity contribution is -0.136. The minimum atomic E-state index is -0.745. The summed E-state index contributed by atoms with van der Waals surface area (Å²) in [5, 5.41) is 11.0. The molecule has 4 nitrogen and oxygen atoms in total. The van der Waals surface area contributed by atoms with Crippen LogP contribution in [0.25, 0.3) is 0 Å². The second kappa shape index (κ2) is 6.86. The number of carboxylic acids is 1. The highest BCUT2D eigenvalue weighted by Crippen LogP contribution is 2.00. The Hall–Kier alpha value is -0.610. The lowest BCUT2D eigenvalue weighted by atomic mass is 10.3. The minimum absolute atomic E-state index is 0.222. The summed E-state index contributed by atoms with van der Waals surface area (Å²) >= 11 is 0. The number of carboxylic acid groups (broad SMARTS) is 1. The quantitative estimate of drug-likeness (QED) is 0.642. The number of hydrogen-bond donors (Lipinski definition) is 2. The normalized spacial score (nSPS) is 27.3. The van der Waals surface area contributed by atoms with Crippen molar-refractivity contribution in [2.75, 3.05) is 13.1 Å². The van der Waals surface area contributed by atoms with Gasteiger partial charge in [0, 0.05) is 19.5 Å². The molecule has 1 aliphatic heterocycles. The van der Waals surface area contributed by atoms with E-state index in [1.807, 2.05) is 0 Å². The molecule has 2 atom stereocenters. The summed E-state index contributed by atoms with van der Waals surface area (Å²) in [7, 11) is 0. The Morgan fingerprint density at radius 2 is 1.85 bits per heavy atom. The van der Waals surface area contributed by atoms with Gasteiger partial charge in [0.2, 0.25) is 0 Å². The number of hydrogen-bond acceptors (Lipinski definition) is 3. The SMILES string of the molecule is CCC(=O)O.C[C@@H]1CNC[C@H](C)O1. The highest BCUT2D eigenvalue weighted by Gasteiger charge is 2.12. The maximum Gasteiger partial charge on any atom is 0.303 e. The van der Waals surface area contributed by atoms with E-state index in [0.717, 1.165) is 13.1 Å². The molecule has 0 spiro atoms. The topological polar surface area (TPSA) is 58.6 Å². The molecule has 1 saturated heterocycles. The van der Waals surface area contributed by atoms with E-state index in [-0.39, 0.29) is 6.42 Å². The first-order chi connectivity index (χ1) is 6.06. The van der Waals surface area contributed by atoms with Gasteiger partial charge in [-0.2, -0.15) is 0 Å². The fourth-order valence-corrected chi connectivity index (χ4v) is 0.983. The van der Waals surface area contributed by atoms with Gasteiger partial charge in [0.15, 0.2) is 0 Å². The molecule has 1 heterocycles. The van der Waals surface area contributed by atoms with Gasteiger partial charge in [-0.15, -0.1) is 0 Å². The number of carbonyl (C=O) groups is 1. The zero-order valence-corrected chi connectivity index (χ0v) is 8.54. The number of nitrogens with one attached hydrogen (secondary N) is 1. The van der Waals surface area contributed by atoms with Crippen molar-refractivity contribution in [1.29, 1.82) is 0 Å². The third-order valence-corrected chi connectivity index (χ3v) is 1.63. The van der Waals surface area contributed by atoms with Crippen molar-refractivity contribution in [2.45, 2.75) is 39.4 Å². The fourth-order valence-electron chi connectivity index (χ4n) is 0.983. The summed E-state index contributed by atoms with van der Waals surface area (Å²) in [5.74, 6) is -0.745. The summed E-state index contributed by atoms with van der Waals surface area (Å²) in [5.41, 5.74) is 0. The van der Waals surface area contributed by atoms with Crippen LogP contribution in [-0.2, 0) is 9.53 Å². The smallest absolute Gasteiger partial charge is 0.303 e. The van der Waals surface area contributed by atoms with Crippen LogP contribution in [0, 0.1) is 0 Å². The van der Waals surface area contributed by atoms with Gasteiger partial charge in [0.1, 0.15) is 0 Å². The highest BCUT2D eigenvalue weighted by molar-refractivity contribution is 5.66. The van der Waals surface area contributed by atoms with Crippen LogP contribution >= 0.6 is 0 Å². The molecule has 0 unspecified atom stereocenters. The van der Waals surface area contributed by atoms with Crippen molar-refractivity contribution in [3.8, 4) is 0 Å². The molecule has 2 N–H and O–H groups in total. The predicted molar refractivity (Wildman–Crippen MR) is 50.8 cm³/mol. The van der Waals surface area contributed by atoms with Crippen molar-refractivity contribution in [2.24, 2.45) is 0 Å². The summed E-state index contributed by atoms with van der Waals surface area (Å²) in [6, 6.07) is 0. The van der Waals surface area contributed by atoms with E-state index in [4.69, 9.17) is 9.84 Å². The van der Waals surface area contributed by atoms with Crippen LogP contribution < -0.4 is 5.32 Å². The molecule has 0 aromatic rings. The predicted octanol–water partition coefficient (Wildman–Crippen LogP) is 0.864. The highest BCUT2D eigenvalue weighted by atomic mass is 16.5. The van der Waals surface area contributed by atoms with Crippen molar-refractivity contribution >= 4 is 5.97 Å². The van der Waals surface area contributed by atoms with Crippen LogP contribution in [0.15, 0.2) is 0 Å². The maximum atomic E-state index is 9.37. The van der Waals surface area contributed by atoms with Crippen molar-refractivity contribution in [3.63, 3.8) is 0 Å². The fraction of sp³-hybridized carbons (Fsp3) is 0.889. The molecule has 0 radical (unpaired) electrons. The summed E-state index contributed by atoms with van der Waals surface area (Å²) in [6.07, 6.45) is 1.03. The van der Waals surface area contributed by atoms with Crippen molar-refractivity contribution < 1.29 is 14.6 Å². The molecular weight excluding hydrogens is 170 g/mol. The van der Waals surface area contributed by atoms with Gasteiger partial charge in [-0.25, -0.2) is 0 Å². The Labute approximate surface area is 79.3 Å². The average molecular weight is 189 g/mol. The average Bonchev–Trinajstić information content (AvgIpc) is 2.05. The van der Waals surface area contributed by atoms with Gasteiger partial charge >= 0.3 is 5.97 Å². The van der Waals surface area contributed by atoms with Gasteiger partial charge < -0.3 is 15.2 Å². The van der Waals surface area contributed by atoms with Crippen LogP contribution in [0.3, 0.4) is 0 Å². The molecule has 0 amide bonds. The molecule has 1 aliphatic rings. The zero-order chi connectivity index (χ0) is 10.3. The van der Waals surface area contributed by atoms with E-state index in [1.54, 1.807) is 6.92 Å². The molecule has 0 aromatic heterocycles. The maximum absolute atomic E-state index is 9.37. The molecular formula is C9H19NO3. The molecule has 0 bridgehead atoms. The number of aliphatic carboxylic acids is 1. The van der Waals surface area contributed by atoms with Crippen LogP contribution in [0.5, 0.6) is 0 Å². The van der Waals surface area contributed by atoms with Gasteiger partial charge in [0.25, 0.3) is 0 Å². The third kappa shape index (κ3) is 7.74. The number of morpholine rings is 1. The van der Waals surface area contributed by atoms with Crippen molar-refractivity contribution in [1.82, 2.24) is 5.32 Å². The number of rotatable bonds is 1. The van der Waals surface area contributed by atoms with Crippen molar-refractivity contribution in [3.05, 3.63) is 0 Å². The second-order valence-corrected chi connectivity index (χ2v) is 3.16. The van der Waals surface area contributed by atoms with Gasteiger partial charge in [0.05, 0.1) is 12.2 Å². The first-order valence-corrected chi connectivity index (χ1v) is 4.64. The monoisotopic (exact) mass is 189 g/mol. The van der Waals surface area contributed by atoms with E-state index >= 15 is 0 Å². The molecule has 4 heteroatoms. The largest absolute Gasteiger partial charge is 0.481 e. The van der Waals surface area contributed by atoms with Crippen LogP contribution in [0.2, 0.25) is 0 Å². The molecule has 0 aliphatic carbocycles. The van der Waals surface area contributed by atoms with Gasteiger partial charge in [-0.05, 0) is 13.8 Å². The lowest BCUT2D eigenvalue weighted by Crippen LogP contribution is -2.41. The Bertz CT molecular complexity index is 142. The van der Waals surface area contributed by atoms with Crippen LogP contribution in [0.1, 0.15) is 27.2 Å². The second-order valence-electron chi connectivity index (χ2n) is 3.16. The van der Waals surface area contributed by atoms with E-state index in [1.165, 1.54) is 0 Å². The Morgan fingerprint density at radius 3 is 2.00 bits per heavy atom. The first-order valence-electron chi connectivity index (χ1n) is 4.64. The van der Waals surface area contributed by atoms with E-state index in [0.29, 0.717) is 12.2 Å². The first kappa shape index (κ1) is 12.4. The minimum Gasteiger partial charge on any atom is -0.481 e. The summed E-state index contributed by atoms with van der Waals surface area (Å²) in [6.45, 7) is 7.78. The van der Waals surface area contributed by atoms with Crippen LogP contribution in [-0.4, -0.2) is 36.4 Å². The summed E-state index contributed by atoms with van der Waals surface area (Å²) in [4.78, 5) is 9.37. The van der Waals surface area contributed by atoms with E-state index in [2.05, 4.69) is 19.2 Å². The molecule has 0 aromatic carbocycles. The van der Waals surface area contributed by atoms with Gasteiger partial charge in [-0.1, -0.05) is 6.92 Å². The van der Waals surface area contributed by atoms with E-state index in [9.17, 15) is 4.79 Å². The molecule has 1 fully saturated rings.